The molecular weight excluding hydrogens is 336 g/mol. The van der Waals surface area contributed by atoms with E-state index in [-0.39, 0.29) is 0 Å². The van der Waals surface area contributed by atoms with Crippen molar-refractivity contribution in [2.24, 2.45) is 5.92 Å². The number of hydrogen-bond acceptors (Lipinski definition) is 2. The number of halogens is 2. The van der Waals surface area contributed by atoms with Crippen molar-refractivity contribution in [1.82, 2.24) is 5.32 Å². The van der Waals surface area contributed by atoms with Crippen molar-refractivity contribution in [2.45, 2.75) is 38.1 Å². The minimum Gasteiger partial charge on any atom is -0.369 e. The van der Waals surface area contributed by atoms with Gasteiger partial charge in [0.15, 0.2) is 0 Å². The summed E-state index contributed by atoms with van der Waals surface area (Å²) in [6, 6.07) is 6.92. The number of nitrogens with one attached hydrogen (secondary N) is 1. The van der Waals surface area contributed by atoms with Gasteiger partial charge in [0.1, 0.15) is 0 Å². The Bertz CT molecular complexity index is 460. The van der Waals surface area contributed by atoms with Crippen LogP contribution in [0.25, 0.3) is 0 Å². The summed E-state index contributed by atoms with van der Waals surface area (Å²) in [5.41, 5.74) is 1.28. The number of piperazine rings is 1. The van der Waals surface area contributed by atoms with Crippen LogP contribution >= 0.6 is 27.5 Å². The van der Waals surface area contributed by atoms with E-state index in [2.05, 4.69) is 38.3 Å². The number of anilines is 1. The number of benzene rings is 1. The molecule has 1 atom stereocenters. The largest absolute Gasteiger partial charge is 0.369 e. The fourth-order valence-electron chi connectivity index (χ4n) is 3.55. The van der Waals surface area contributed by atoms with Gasteiger partial charge in [-0.1, -0.05) is 30.9 Å². The lowest BCUT2D eigenvalue weighted by molar-refractivity contribution is 0.257. The van der Waals surface area contributed by atoms with Crippen LogP contribution in [0.5, 0.6) is 0 Å². The highest BCUT2D eigenvalue weighted by atomic mass is 79.9. The molecule has 2 nitrogen and oxygen atoms in total. The van der Waals surface area contributed by atoms with E-state index in [4.69, 9.17) is 11.6 Å². The summed E-state index contributed by atoms with van der Waals surface area (Å²) in [7, 11) is 0. The van der Waals surface area contributed by atoms with Gasteiger partial charge in [-0.2, -0.15) is 0 Å². The van der Waals surface area contributed by atoms with Crippen LogP contribution in [0.2, 0.25) is 5.02 Å². The zero-order valence-corrected chi connectivity index (χ0v) is 14.1. The van der Waals surface area contributed by atoms with Crippen LogP contribution in [0.15, 0.2) is 22.7 Å². The molecule has 1 N–H and O–H groups in total. The van der Waals surface area contributed by atoms with Gasteiger partial charge in [-0.05, 0) is 52.9 Å². The van der Waals surface area contributed by atoms with Crippen LogP contribution in [-0.4, -0.2) is 25.7 Å². The molecule has 1 heterocycles. The highest BCUT2D eigenvalue weighted by Crippen LogP contribution is 2.31. The van der Waals surface area contributed by atoms with E-state index in [0.29, 0.717) is 6.04 Å². The smallest absolute Gasteiger partial charge is 0.0549 e. The summed E-state index contributed by atoms with van der Waals surface area (Å²) in [6.07, 6.45) is 7.05. The average molecular weight is 358 g/mol. The van der Waals surface area contributed by atoms with Crippen molar-refractivity contribution in [1.29, 1.82) is 0 Å². The number of hydrogen-bond donors (Lipinski definition) is 1. The van der Waals surface area contributed by atoms with Gasteiger partial charge >= 0.3 is 0 Å². The lowest BCUT2D eigenvalue weighted by Crippen LogP contribution is -2.54. The highest BCUT2D eigenvalue weighted by Gasteiger charge is 2.28. The molecule has 3 rings (SSSR count). The van der Waals surface area contributed by atoms with E-state index in [9.17, 15) is 0 Å². The average Bonchev–Trinajstić information content (AvgIpc) is 2.51. The summed E-state index contributed by atoms with van der Waals surface area (Å²) in [5.74, 6) is 0.863. The van der Waals surface area contributed by atoms with E-state index in [1.807, 2.05) is 6.07 Å². The molecule has 1 aliphatic carbocycles. The Morgan fingerprint density at radius 3 is 2.75 bits per heavy atom. The van der Waals surface area contributed by atoms with E-state index in [0.717, 1.165) is 35.0 Å². The summed E-state index contributed by atoms with van der Waals surface area (Å²) >= 11 is 9.62. The second kappa shape index (κ2) is 6.67. The van der Waals surface area contributed by atoms with Gasteiger partial charge in [-0.15, -0.1) is 0 Å². The first-order valence-electron chi connectivity index (χ1n) is 7.67. The molecule has 2 aliphatic rings. The van der Waals surface area contributed by atoms with Crippen molar-refractivity contribution >= 4 is 33.2 Å². The fourth-order valence-corrected chi connectivity index (χ4v) is 4.03. The van der Waals surface area contributed by atoms with Gasteiger partial charge in [0, 0.05) is 35.8 Å². The molecule has 2 fully saturated rings. The van der Waals surface area contributed by atoms with E-state index >= 15 is 0 Å². The van der Waals surface area contributed by atoms with Gasteiger partial charge in [-0.25, -0.2) is 0 Å². The molecule has 0 radical (unpaired) electrons. The van der Waals surface area contributed by atoms with Gasteiger partial charge in [0.25, 0.3) is 0 Å². The van der Waals surface area contributed by atoms with Crippen LogP contribution < -0.4 is 10.2 Å². The molecule has 110 valence electrons. The maximum Gasteiger partial charge on any atom is 0.0549 e. The third-order valence-corrected chi connectivity index (χ3v) is 5.91. The van der Waals surface area contributed by atoms with Gasteiger partial charge in [-0.3, -0.25) is 0 Å². The number of nitrogens with zero attached hydrogens (tertiary/aromatic N) is 1. The minimum atomic E-state index is 0.651. The monoisotopic (exact) mass is 356 g/mol. The topological polar surface area (TPSA) is 15.3 Å². The standard InChI is InChI=1S/C16H22BrClN2/c17-14-10-13(6-7-15(14)18)20-9-8-19-16(11-20)12-4-2-1-3-5-12/h6-7,10,12,16,19H,1-5,8-9,11H2. The third-order valence-electron chi connectivity index (χ3n) is 4.69. The fraction of sp³-hybridized carbons (Fsp3) is 0.625. The molecule has 4 heteroatoms. The molecule has 0 bridgehead atoms. The first-order chi connectivity index (χ1) is 9.74. The predicted octanol–water partition coefficient (Wildman–Crippen LogP) is 4.46. The Morgan fingerprint density at radius 1 is 1.20 bits per heavy atom. The normalized spacial score (nSPS) is 24.9. The Kier molecular flexibility index (Phi) is 4.90. The second-order valence-electron chi connectivity index (χ2n) is 6.00. The highest BCUT2D eigenvalue weighted by molar-refractivity contribution is 9.10. The Morgan fingerprint density at radius 2 is 2.00 bits per heavy atom. The van der Waals surface area contributed by atoms with Crippen LogP contribution in [0.3, 0.4) is 0 Å². The summed E-state index contributed by atoms with van der Waals surface area (Å²) in [5, 5.41) is 4.52. The van der Waals surface area contributed by atoms with Crippen molar-refractivity contribution < 1.29 is 0 Å². The Hall–Kier alpha value is -0.250. The van der Waals surface area contributed by atoms with Crippen LogP contribution in [0.1, 0.15) is 32.1 Å². The van der Waals surface area contributed by atoms with Crippen molar-refractivity contribution in [2.75, 3.05) is 24.5 Å². The predicted molar refractivity (Wildman–Crippen MR) is 89.7 cm³/mol. The van der Waals surface area contributed by atoms with E-state index in [1.54, 1.807) is 0 Å². The zero-order valence-electron chi connectivity index (χ0n) is 11.7. The maximum absolute atomic E-state index is 6.09. The third kappa shape index (κ3) is 3.32. The van der Waals surface area contributed by atoms with Crippen LogP contribution in [0, 0.1) is 5.92 Å². The zero-order chi connectivity index (χ0) is 13.9. The van der Waals surface area contributed by atoms with Gasteiger partial charge in [0.05, 0.1) is 5.02 Å². The molecule has 1 unspecified atom stereocenters. The van der Waals surface area contributed by atoms with Crippen molar-refractivity contribution in [3.8, 4) is 0 Å². The molecule has 1 saturated heterocycles. The molecule has 1 aliphatic heterocycles. The molecule has 1 saturated carbocycles. The lowest BCUT2D eigenvalue weighted by Gasteiger charge is -2.40. The molecular formula is C16H22BrClN2. The van der Waals surface area contributed by atoms with Gasteiger partial charge < -0.3 is 10.2 Å². The summed E-state index contributed by atoms with van der Waals surface area (Å²) in [4.78, 5) is 2.50. The Labute approximate surface area is 135 Å². The molecule has 0 aromatic heterocycles. The summed E-state index contributed by atoms with van der Waals surface area (Å²) < 4.78 is 0.990. The number of rotatable bonds is 2. The van der Waals surface area contributed by atoms with Crippen molar-refractivity contribution in [3.63, 3.8) is 0 Å². The molecule has 0 spiro atoms. The quantitative estimate of drug-likeness (QED) is 0.840. The molecule has 20 heavy (non-hydrogen) atoms. The van der Waals surface area contributed by atoms with E-state index in [1.165, 1.54) is 37.8 Å². The van der Waals surface area contributed by atoms with Crippen LogP contribution in [0.4, 0.5) is 5.69 Å². The first-order valence-corrected chi connectivity index (χ1v) is 8.84. The maximum atomic E-state index is 6.09. The minimum absolute atomic E-state index is 0.651. The first kappa shape index (κ1) is 14.7. The SMILES string of the molecule is Clc1ccc(N2CCNC(C3CCCCC3)C2)cc1Br. The Balaban J connectivity index is 1.69. The lowest BCUT2D eigenvalue weighted by atomic mass is 9.83. The van der Waals surface area contributed by atoms with Gasteiger partial charge in [0.2, 0.25) is 0 Å². The van der Waals surface area contributed by atoms with Crippen molar-refractivity contribution in [3.05, 3.63) is 27.7 Å². The summed E-state index contributed by atoms with van der Waals surface area (Å²) in [6.45, 7) is 3.29. The van der Waals surface area contributed by atoms with Crippen LogP contribution in [-0.2, 0) is 0 Å². The molecule has 1 aromatic rings. The second-order valence-corrected chi connectivity index (χ2v) is 7.26. The van der Waals surface area contributed by atoms with E-state index < -0.39 is 0 Å². The molecule has 1 aromatic carbocycles. The molecule has 0 amide bonds.